The third-order valence-electron chi connectivity index (χ3n) is 4.86. The lowest BCUT2D eigenvalue weighted by Gasteiger charge is -2.11. The second-order valence-electron chi connectivity index (χ2n) is 6.27. The molecule has 1 saturated carbocycles. The van der Waals surface area contributed by atoms with E-state index in [0.717, 1.165) is 19.0 Å². The Hall–Kier alpha value is -1.80. The zero-order valence-electron chi connectivity index (χ0n) is 12.3. The van der Waals surface area contributed by atoms with Gasteiger partial charge in [0.15, 0.2) is 0 Å². The number of benzene rings is 2. The van der Waals surface area contributed by atoms with Gasteiger partial charge in [0.05, 0.1) is 0 Å². The first-order valence-electron chi connectivity index (χ1n) is 8.03. The van der Waals surface area contributed by atoms with E-state index in [2.05, 4.69) is 65.2 Å². The van der Waals surface area contributed by atoms with Gasteiger partial charge in [0.1, 0.15) is 0 Å². The topological polar surface area (TPSA) is 24.1 Å². The molecule has 108 valence electrons. The summed E-state index contributed by atoms with van der Waals surface area (Å²) in [5.41, 5.74) is 4.31. The lowest BCUT2D eigenvalue weighted by Crippen LogP contribution is -2.21. The number of para-hydroxylation sites is 1. The molecule has 2 aromatic rings. The average molecular weight is 278 g/mol. The van der Waals surface area contributed by atoms with Gasteiger partial charge in [0, 0.05) is 30.1 Å². The van der Waals surface area contributed by atoms with Gasteiger partial charge in [-0.1, -0.05) is 48.5 Å². The molecular weight excluding hydrogens is 256 g/mol. The van der Waals surface area contributed by atoms with E-state index in [1.165, 1.54) is 29.7 Å². The van der Waals surface area contributed by atoms with Crippen LogP contribution in [0.3, 0.4) is 0 Å². The molecular formula is C19H22N2. The molecule has 2 aromatic carbocycles. The normalized spacial score (nSPS) is 26.2. The Balaban J connectivity index is 1.27. The molecule has 1 aliphatic heterocycles. The summed E-state index contributed by atoms with van der Waals surface area (Å²) in [4.78, 5) is 0. The van der Waals surface area contributed by atoms with Gasteiger partial charge in [-0.25, -0.2) is 0 Å². The predicted molar refractivity (Wildman–Crippen MR) is 87.9 cm³/mol. The molecule has 0 amide bonds. The van der Waals surface area contributed by atoms with Gasteiger partial charge in [-0.05, 0) is 36.6 Å². The molecule has 0 saturated heterocycles. The van der Waals surface area contributed by atoms with Crippen molar-refractivity contribution in [2.45, 2.75) is 30.7 Å². The second-order valence-corrected chi connectivity index (χ2v) is 6.27. The molecule has 21 heavy (non-hydrogen) atoms. The summed E-state index contributed by atoms with van der Waals surface area (Å²) in [6, 6.07) is 20.3. The third kappa shape index (κ3) is 2.68. The molecule has 2 aliphatic rings. The Morgan fingerprint density at radius 2 is 1.81 bits per heavy atom. The molecule has 0 aromatic heterocycles. The monoisotopic (exact) mass is 278 g/mol. The summed E-state index contributed by atoms with van der Waals surface area (Å²) in [6.45, 7) is 2.21. The van der Waals surface area contributed by atoms with Crippen LogP contribution in [0.1, 0.15) is 35.8 Å². The largest absolute Gasteiger partial charge is 0.384 e. The standard InChI is InChI=1S/C19H22N2/c1-2-6-14(7-3-1)17-12-19(17)20-11-10-15-13-21-18-9-5-4-8-16(15)18/h1-9,15,17,19-21H,10-13H2. The maximum atomic E-state index is 3.74. The highest BCUT2D eigenvalue weighted by Crippen LogP contribution is 2.41. The fourth-order valence-corrected chi connectivity index (χ4v) is 3.55. The zero-order chi connectivity index (χ0) is 14.1. The molecule has 1 fully saturated rings. The van der Waals surface area contributed by atoms with Crippen LogP contribution >= 0.6 is 0 Å². The van der Waals surface area contributed by atoms with Crippen LogP contribution in [-0.4, -0.2) is 19.1 Å². The Kier molecular flexibility index (Phi) is 3.40. The Morgan fingerprint density at radius 1 is 1.00 bits per heavy atom. The predicted octanol–water partition coefficient (Wildman–Crippen LogP) is 3.73. The molecule has 3 atom stereocenters. The number of rotatable bonds is 5. The maximum absolute atomic E-state index is 3.74. The van der Waals surface area contributed by atoms with Gasteiger partial charge in [-0.2, -0.15) is 0 Å². The summed E-state index contributed by atoms with van der Waals surface area (Å²) in [5.74, 6) is 1.41. The highest BCUT2D eigenvalue weighted by molar-refractivity contribution is 5.57. The highest BCUT2D eigenvalue weighted by Gasteiger charge is 2.37. The molecule has 3 unspecified atom stereocenters. The molecule has 2 heteroatoms. The Labute approximate surface area is 126 Å². The molecule has 4 rings (SSSR count). The van der Waals surface area contributed by atoms with E-state index in [1.54, 1.807) is 0 Å². The Bertz CT molecular complexity index is 608. The molecule has 0 radical (unpaired) electrons. The number of anilines is 1. The zero-order valence-corrected chi connectivity index (χ0v) is 12.3. The molecule has 1 heterocycles. The molecule has 2 N–H and O–H groups in total. The maximum Gasteiger partial charge on any atom is 0.0376 e. The van der Waals surface area contributed by atoms with E-state index in [-0.39, 0.29) is 0 Å². The Morgan fingerprint density at radius 3 is 2.71 bits per heavy atom. The van der Waals surface area contributed by atoms with E-state index in [9.17, 15) is 0 Å². The van der Waals surface area contributed by atoms with Crippen LogP contribution in [0.25, 0.3) is 0 Å². The van der Waals surface area contributed by atoms with Crippen LogP contribution in [-0.2, 0) is 0 Å². The van der Waals surface area contributed by atoms with Crippen molar-refractivity contribution in [3.8, 4) is 0 Å². The summed E-state index contributed by atoms with van der Waals surface area (Å²) >= 11 is 0. The van der Waals surface area contributed by atoms with Crippen molar-refractivity contribution < 1.29 is 0 Å². The first-order chi connectivity index (χ1) is 10.4. The van der Waals surface area contributed by atoms with Crippen molar-refractivity contribution >= 4 is 5.69 Å². The van der Waals surface area contributed by atoms with Crippen LogP contribution in [0.2, 0.25) is 0 Å². The van der Waals surface area contributed by atoms with E-state index < -0.39 is 0 Å². The van der Waals surface area contributed by atoms with Crippen molar-refractivity contribution in [2.24, 2.45) is 0 Å². The lowest BCUT2D eigenvalue weighted by molar-refractivity contribution is 0.585. The van der Waals surface area contributed by atoms with Crippen molar-refractivity contribution in [1.82, 2.24) is 5.32 Å². The fraction of sp³-hybridized carbons (Fsp3) is 0.368. The molecule has 0 spiro atoms. The van der Waals surface area contributed by atoms with Crippen LogP contribution in [0.5, 0.6) is 0 Å². The van der Waals surface area contributed by atoms with Crippen molar-refractivity contribution in [3.05, 3.63) is 65.7 Å². The second kappa shape index (κ2) is 5.53. The minimum absolute atomic E-state index is 0.669. The quantitative estimate of drug-likeness (QED) is 0.871. The van der Waals surface area contributed by atoms with Gasteiger partial charge >= 0.3 is 0 Å². The van der Waals surface area contributed by atoms with E-state index in [1.807, 2.05) is 0 Å². The van der Waals surface area contributed by atoms with Gasteiger partial charge in [0.2, 0.25) is 0 Å². The molecule has 2 nitrogen and oxygen atoms in total. The number of fused-ring (bicyclic) bond motifs is 1. The minimum atomic E-state index is 0.669. The van der Waals surface area contributed by atoms with Crippen LogP contribution in [0.4, 0.5) is 5.69 Å². The van der Waals surface area contributed by atoms with Crippen molar-refractivity contribution in [3.63, 3.8) is 0 Å². The SMILES string of the molecule is c1ccc(C2CC2NCCC2CNc3ccccc32)cc1. The van der Waals surface area contributed by atoms with Crippen LogP contribution in [0.15, 0.2) is 54.6 Å². The number of nitrogens with one attached hydrogen (secondary N) is 2. The van der Waals surface area contributed by atoms with E-state index in [4.69, 9.17) is 0 Å². The molecule has 0 bridgehead atoms. The van der Waals surface area contributed by atoms with E-state index in [0.29, 0.717) is 12.0 Å². The first kappa shape index (κ1) is 12.9. The summed E-state index contributed by atoms with van der Waals surface area (Å²) in [6.07, 6.45) is 2.52. The fourth-order valence-electron chi connectivity index (χ4n) is 3.55. The first-order valence-corrected chi connectivity index (χ1v) is 8.03. The highest BCUT2D eigenvalue weighted by atomic mass is 15.0. The number of hydrogen-bond donors (Lipinski definition) is 2. The van der Waals surface area contributed by atoms with E-state index >= 15 is 0 Å². The summed E-state index contributed by atoms with van der Waals surface area (Å²) in [5, 5.41) is 7.25. The minimum Gasteiger partial charge on any atom is -0.384 e. The number of hydrogen-bond acceptors (Lipinski definition) is 2. The summed E-state index contributed by atoms with van der Waals surface area (Å²) < 4.78 is 0. The van der Waals surface area contributed by atoms with Crippen molar-refractivity contribution in [2.75, 3.05) is 18.4 Å². The smallest absolute Gasteiger partial charge is 0.0376 e. The van der Waals surface area contributed by atoms with Gasteiger partial charge in [-0.3, -0.25) is 0 Å². The van der Waals surface area contributed by atoms with Gasteiger partial charge < -0.3 is 10.6 Å². The lowest BCUT2D eigenvalue weighted by atomic mass is 9.98. The van der Waals surface area contributed by atoms with Crippen LogP contribution < -0.4 is 10.6 Å². The van der Waals surface area contributed by atoms with Gasteiger partial charge in [-0.15, -0.1) is 0 Å². The molecule has 1 aliphatic carbocycles. The average Bonchev–Trinajstić information content (AvgIpc) is 3.20. The van der Waals surface area contributed by atoms with Crippen LogP contribution in [0, 0.1) is 0 Å². The van der Waals surface area contributed by atoms with Gasteiger partial charge in [0.25, 0.3) is 0 Å². The third-order valence-corrected chi connectivity index (χ3v) is 4.86. The summed E-state index contributed by atoms with van der Waals surface area (Å²) in [7, 11) is 0. The van der Waals surface area contributed by atoms with Crippen molar-refractivity contribution in [1.29, 1.82) is 0 Å².